The molecule has 0 radical (unpaired) electrons. The van der Waals surface area contributed by atoms with Crippen LogP contribution in [-0.2, 0) is 0 Å². The van der Waals surface area contributed by atoms with Gasteiger partial charge in [0, 0.05) is 22.6 Å². The smallest absolute Gasteiger partial charge is 0.336 e. The third-order valence-electron chi connectivity index (χ3n) is 4.57. The topological polar surface area (TPSA) is 69.7 Å². The fourth-order valence-corrected chi connectivity index (χ4v) is 3.20. The van der Waals surface area contributed by atoms with Gasteiger partial charge in [-0.15, -0.1) is 0 Å². The molecule has 0 bridgehead atoms. The van der Waals surface area contributed by atoms with Gasteiger partial charge < -0.3 is 13.6 Å². The largest absolute Gasteiger partial charge is 0.497 e. The van der Waals surface area contributed by atoms with Crippen molar-refractivity contribution in [2.75, 3.05) is 7.11 Å². The molecule has 0 aliphatic rings. The van der Waals surface area contributed by atoms with Crippen molar-refractivity contribution in [2.24, 2.45) is 0 Å². The standard InChI is InChI=1S/C21H16O5/c1-11-10-17(22)26-21-15(11)8-9-16-18(21)12(2)20(25-16)19(23)13-4-6-14(24-3)7-5-13/h4-10H,1-3H3. The van der Waals surface area contributed by atoms with E-state index in [1.807, 2.05) is 13.0 Å². The molecule has 5 heteroatoms. The lowest BCUT2D eigenvalue weighted by Gasteiger charge is -2.02. The number of ketones is 1. The van der Waals surface area contributed by atoms with Crippen LogP contribution in [0.15, 0.2) is 56.1 Å². The third-order valence-corrected chi connectivity index (χ3v) is 4.57. The van der Waals surface area contributed by atoms with Gasteiger partial charge in [-0.1, -0.05) is 0 Å². The Morgan fingerprint density at radius 3 is 2.42 bits per heavy atom. The summed E-state index contributed by atoms with van der Waals surface area (Å²) in [4.78, 5) is 24.7. The summed E-state index contributed by atoms with van der Waals surface area (Å²) in [5.41, 5.74) is 2.51. The maximum atomic E-state index is 12.9. The summed E-state index contributed by atoms with van der Waals surface area (Å²) in [6.45, 7) is 3.65. The molecule has 0 saturated heterocycles. The lowest BCUT2D eigenvalue weighted by Crippen LogP contribution is -2.01. The molecule has 0 spiro atoms. The van der Waals surface area contributed by atoms with E-state index < -0.39 is 5.63 Å². The average molecular weight is 348 g/mol. The van der Waals surface area contributed by atoms with Crippen LogP contribution in [0.3, 0.4) is 0 Å². The van der Waals surface area contributed by atoms with Crippen molar-refractivity contribution >= 4 is 27.7 Å². The molecule has 5 nitrogen and oxygen atoms in total. The number of hydrogen-bond acceptors (Lipinski definition) is 5. The summed E-state index contributed by atoms with van der Waals surface area (Å²) in [5, 5.41) is 1.48. The third kappa shape index (κ3) is 2.40. The fraction of sp³-hybridized carbons (Fsp3) is 0.143. The molecular weight excluding hydrogens is 332 g/mol. The highest BCUT2D eigenvalue weighted by Gasteiger charge is 2.22. The zero-order chi connectivity index (χ0) is 18.4. The van der Waals surface area contributed by atoms with Gasteiger partial charge in [-0.25, -0.2) is 4.79 Å². The molecular formula is C21H16O5. The van der Waals surface area contributed by atoms with Crippen LogP contribution in [-0.4, -0.2) is 12.9 Å². The van der Waals surface area contributed by atoms with Gasteiger partial charge in [0.25, 0.3) is 0 Å². The van der Waals surface area contributed by atoms with Crippen LogP contribution in [0.2, 0.25) is 0 Å². The van der Waals surface area contributed by atoms with E-state index in [1.165, 1.54) is 6.07 Å². The van der Waals surface area contributed by atoms with Crippen molar-refractivity contribution in [3.63, 3.8) is 0 Å². The fourth-order valence-electron chi connectivity index (χ4n) is 3.20. The second-order valence-electron chi connectivity index (χ2n) is 6.18. The summed E-state index contributed by atoms with van der Waals surface area (Å²) < 4.78 is 16.4. The number of carbonyl (C=O) groups is 1. The van der Waals surface area contributed by atoms with Gasteiger partial charge >= 0.3 is 5.63 Å². The summed E-state index contributed by atoms with van der Waals surface area (Å²) in [6.07, 6.45) is 0. The first-order valence-corrected chi connectivity index (χ1v) is 8.15. The van der Waals surface area contributed by atoms with Crippen molar-refractivity contribution < 1.29 is 18.4 Å². The number of methoxy groups -OCH3 is 1. The van der Waals surface area contributed by atoms with Crippen LogP contribution >= 0.6 is 0 Å². The second kappa shape index (κ2) is 5.88. The van der Waals surface area contributed by atoms with E-state index in [9.17, 15) is 9.59 Å². The Morgan fingerprint density at radius 2 is 1.73 bits per heavy atom. The minimum atomic E-state index is -0.425. The van der Waals surface area contributed by atoms with Crippen molar-refractivity contribution in [3.05, 3.63) is 75.3 Å². The first-order chi connectivity index (χ1) is 12.5. The van der Waals surface area contributed by atoms with Gasteiger partial charge in [0.1, 0.15) is 16.9 Å². The number of furan rings is 1. The Labute approximate surface area is 148 Å². The van der Waals surface area contributed by atoms with Crippen LogP contribution in [0.4, 0.5) is 0 Å². The molecule has 0 aliphatic heterocycles. The van der Waals surface area contributed by atoms with Gasteiger partial charge in [-0.3, -0.25) is 4.79 Å². The highest BCUT2D eigenvalue weighted by molar-refractivity contribution is 6.14. The summed E-state index contributed by atoms with van der Waals surface area (Å²) in [6, 6.07) is 11.9. The number of benzene rings is 2. The van der Waals surface area contributed by atoms with Gasteiger partial charge in [-0.05, 0) is 55.8 Å². The highest BCUT2D eigenvalue weighted by Crippen LogP contribution is 2.33. The first-order valence-electron chi connectivity index (χ1n) is 8.15. The molecule has 2 aromatic carbocycles. The lowest BCUT2D eigenvalue weighted by molar-refractivity contribution is 0.101. The van der Waals surface area contributed by atoms with Crippen molar-refractivity contribution in [2.45, 2.75) is 13.8 Å². The van der Waals surface area contributed by atoms with E-state index in [4.69, 9.17) is 13.6 Å². The second-order valence-corrected chi connectivity index (χ2v) is 6.18. The zero-order valence-electron chi connectivity index (χ0n) is 14.6. The molecule has 4 aromatic rings. The predicted molar refractivity (Wildman–Crippen MR) is 98.2 cm³/mol. The van der Waals surface area contributed by atoms with Crippen molar-refractivity contribution in [1.29, 1.82) is 0 Å². The predicted octanol–water partition coefficient (Wildman–Crippen LogP) is 4.40. The van der Waals surface area contributed by atoms with Crippen LogP contribution in [0.1, 0.15) is 27.2 Å². The number of carbonyl (C=O) groups excluding carboxylic acids is 1. The van der Waals surface area contributed by atoms with E-state index in [0.717, 1.165) is 10.9 Å². The van der Waals surface area contributed by atoms with E-state index in [0.29, 0.717) is 33.4 Å². The Bertz CT molecular complexity index is 1210. The Balaban J connectivity index is 1.93. The summed E-state index contributed by atoms with van der Waals surface area (Å²) >= 11 is 0. The minimum Gasteiger partial charge on any atom is -0.497 e. The van der Waals surface area contributed by atoms with Crippen molar-refractivity contribution in [1.82, 2.24) is 0 Å². The van der Waals surface area contributed by atoms with Gasteiger partial charge in [0.15, 0.2) is 5.76 Å². The van der Waals surface area contributed by atoms with Gasteiger partial charge in [0.2, 0.25) is 5.78 Å². The molecule has 0 amide bonds. The number of aryl methyl sites for hydroxylation is 2. The molecule has 0 saturated carbocycles. The molecule has 0 N–H and O–H groups in total. The molecule has 0 unspecified atom stereocenters. The molecule has 130 valence electrons. The summed E-state index contributed by atoms with van der Waals surface area (Å²) in [5.74, 6) is 0.678. The molecule has 2 heterocycles. The number of ether oxygens (including phenoxy) is 1. The van der Waals surface area contributed by atoms with E-state index in [1.54, 1.807) is 44.4 Å². The van der Waals surface area contributed by atoms with Crippen LogP contribution in [0, 0.1) is 13.8 Å². The quantitative estimate of drug-likeness (QED) is 0.405. The Morgan fingerprint density at radius 1 is 1.00 bits per heavy atom. The molecule has 0 aliphatic carbocycles. The molecule has 2 aromatic heterocycles. The monoisotopic (exact) mass is 348 g/mol. The van der Waals surface area contributed by atoms with Crippen LogP contribution in [0.25, 0.3) is 21.9 Å². The zero-order valence-corrected chi connectivity index (χ0v) is 14.6. The van der Waals surface area contributed by atoms with Crippen LogP contribution in [0.5, 0.6) is 5.75 Å². The molecule has 4 rings (SSSR count). The Kier molecular flexibility index (Phi) is 3.65. The molecule has 26 heavy (non-hydrogen) atoms. The van der Waals surface area contributed by atoms with Crippen molar-refractivity contribution in [3.8, 4) is 5.75 Å². The SMILES string of the molecule is COc1ccc(C(=O)c2oc3ccc4c(C)cc(=O)oc4c3c2C)cc1. The first kappa shape index (κ1) is 16.1. The minimum absolute atomic E-state index is 0.232. The normalized spacial score (nSPS) is 11.2. The number of fused-ring (bicyclic) bond motifs is 3. The maximum absolute atomic E-state index is 12.9. The van der Waals surface area contributed by atoms with Crippen LogP contribution < -0.4 is 10.4 Å². The van der Waals surface area contributed by atoms with E-state index in [2.05, 4.69) is 0 Å². The highest BCUT2D eigenvalue weighted by atomic mass is 16.5. The molecule has 0 fully saturated rings. The average Bonchev–Trinajstić information content (AvgIpc) is 2.98. The number of rotatable bonds is 3. The number of hydrogen-bond donors (Lipinski definition) is 0. The van der Waals surface area contributed by atoms with Gasteiger partial charge in [-0.2, -0.15) is 0 Å². The van der Waals surface area contributed by atoms with E-state index in [-0.39, 0.29) is 11.5 Å². The Hall–Kier alpha value is -3.34. The van der Waals surface area contributed by atoms with E-state index >= 15 is 0 Å². The maximum Gasteiger partial charge on any atom is 0.336 e. The van der Waals surface area contributed by atoms with Gasteiger partial charge in [0.05, 0.1) is 12.5 Å². The lowest BCUT2D eigenvalue weighted by atomic mass is 10.0. The molecule has 0 atom stereocenters. The summed E-state index contributed by atoms with van der Waals surface area (Å²) in [7, 11) is 1.57.